The molecule has 7 nitrogen and oxygen atoms in total. The number of thiol groups is 3. The summed E-state index contributed by atoms with van der Waals surface area (Å²) in [5, 5.41) is 9.50. The predicted molar refractivity (Wildman–Crippen MR) is 84.0 cm³/mol. The maximum absolute atomic E-state index is 11.1. The third kappa shape index (κ3) is 8.44. The molecule has 0 unspecified atom stereocenters. The molecule has 0 aliphatic carbocycles. The van der Waals surface area contributed by atoms with Crippen molar-refractivity contribution in [3.05, 3.63) is 0 Å². The van der Waals surface area contributed by atoms with Crippen molar-refractivity contribution in [1.29, 1.82) is 0 Å². The molecule has 10 heteroatoms. The zero-order valence-electron chi connectivity index (χ0n) is 11.2. The molecule has 0 heterocycles. The van der Waals surface area contributed by atoms with E-state index >= 15 is 0 Å². The van der Waals surface area contributed by atoms with Crippen LogP contribution in [0, 0.1) is 5.41 Å². The summed E-state index contributed by atoms with van der Waals surface area (Å²) in [6.07, 6.45) is 0. The summed E-state index contributed by atoms with van der Waals surface area (Å²) in [5.41, 5.74) is -1.24. The molecule has 0 spiro atoms. The lowest BCUT2D eigenvalue weighted by Crippen LogP contribution is -2.43. The maximum Gasteiger partial charge on any atom is 0.315 e. The van der Waals surface area contributed by atoms with E-state index in [0.717, 1.165) is 0 Å². The van der Waals surface area contributed by atoms with Gasteiger partial charge in [-0.05, 0) is 0 Å². The summed E-state index contributed by atoms with van der Waals surface area (Å²) in [7, 11) is 0. The fourth-order valence-electron chi connectivity index (χ4n) is 1.10. The molecule has 21 heavy (non-hydrogen) atoms. The Kier molecular flexibility index (Phi) is 10.7. The van der Waals surface area contributed by atoms with Crippen molar-refractivity contribution in [2.75, 3.05) is 43.7 Å². The molecule has 0 saturated heterocycles. The van der Waals surface area contributed by atoms with Gasteiger partial charge in [-0.15, -0.1) is 0 Å². The number of ether oxygens (including phenoxy) is 3. The molecule has 0 aromatic heterocycles. The fraction of sp³-hybridized carbons (Fsp3) is 0.727. The van der Waals surface area contributed by atoms with E-state index in [1.165, 1.54) is 0 Å². The summed E-state index contributed by atoms with van der Waals surface area (Å²) >= 11 is 11.2. The summed E-state index contributed by atoms with van der Waals surface area (Å²) in [6.45, 7) is -1.39. The zero-order valence-corrected chi connectivity index (χ0v) is 13.9. The molecule has 122 valence electrons. The monoisotopic (exact) mass is 358 g/mol. The lowest BCUT2D eigenvalue weighted by atomic mass is 9.92. The topological polar surface area (TPSA) is 99.1 Å². The average Bonchev–Trinajstić information content (AvgIpc) is 2.53. The van der Waals surface area contributed by atoms with Gasteiger partial charge in [0.25, 0.3) is 0 Å². The van der Waals surface area contributed by atoms with Crippen LogP contribution in [-0.2, 0) is 28.6 Å². The number of aliphatic hydroxyl groups is 1. The van der Waals surface area contributed by atoms with Crippen LogP contribution in [0.1, 0.15) is 0 Å². The molecule has 1 N–H and O–H groups in total. The maximum atomic E-state index is 11.1. The van der Waals surface area contributed by atoms with Gasteiger partial charge in [-0.1, -0.05) is 0 Å². The minimum Gasteiger partial charge on any atom is -0.464 e. The summed E-state index contributed by atoms with van der Waals surface area (Å²) in [5.74, 6) is -2.27. The van der Waals surface area contributed by atoms with Crippen molar-refractivity contribution in [2.45, 2.75) is 0 Å². The quantitative estimate of drug-likeness (QED) is 0.235. The van der Waals surface area contributed by atoms with Crippen molar-refractivity contribution in [3.8, 4) is 0 Å². The number of hydrogen-bond donors (Lipinski definition) is 4. The van der Waals surface area contributed by atoms with Gasteiger partial charge in [0.1, 0.15) is 19.8 Å². The van der Waals surface area contributed by atoms with Gasteiger partial charge in [0.05, 0.1) is 29.3 Å². The molecule has 0 aliphatic rings. The van der Waals surface area contributed by atoms with Crippen LogP contribution in [0.4, 0.5) is 0 Å². The van der Waals surface area contributed by atoms with E-state index in [0.29, 0.717) is 0 Å². The minimum atomic E-state index is -1.24. The molecule has 0 aromatic rings. The van der Waals surface area contributed by atoms with Gasteiger partial charge in [-0.2, -0.15) is 37.9 Å². The van der Waals surface area contributed by atoms with Gasteiger partial charge in [-0.3, -0.25) is 14.4 Å². The van der Waals surface area contributed by atoms with E-state index in [1.54, 1.807) is 0 Å². The predicted octanol–water partition coefficient (Wildman–Crippen LogP) is -0.616. The molecule has 0 fully saturated rings. The molecular weight excluding hydrogens is 340 g/mol. The van der Waals surface area contributed by atoms with Crippen LogP contribution >= 0.6 is 37.9 Å². The van der Waals surface area contributed by atoms with Gasteiger partial charge in [-0.25, -0.2) is 0 Å². The SMILES string of the molecule is O=C(CS)OCC(CO)(COC(=O)CS)COC(=O)CS. The standard InChI is InChI=1S/C11H18O7S3/c12-4-11(5-16-8(13)1-19,6-17-9(14)2-20)7-18-10(15)3-21/h12,19-21H,1-7H2. The highest BCUT2D eigenvalue weighted by molar-refractivity contribution is 7.81. The largest absolute Gasteiger partial charge is 0.464 e. The van der Waals surface area contributed by atoms with E-state index < -0.39 is 29.9 Å². The zero-order chi connectivity index (χ0) is 16.3. The van der Waals surface area contributed by atoms with Crippen molar-refractivity contribution in [1.82, 2.24) is 0 Å². The number of carbonyl (C=O) groups excluding carboxylic acids is 3. The van der Waals surface area contributed by atoms with Gasteiger partial charge in [0, 0.05) is 0 Å². The number of hydrogen-bond acceptors (Lipinski definition) is 10. The van der Waals surface area contributed by atoms with Gasteiger partial charge in [0.15, 0.2) is 0 Å². The summed E-state index contributed by atoms with van der Waals surface area (Å²) < 4.78 is 14.7. The highest BCUT2D eigenvalue weighted by Gasteiger charge is 2.35. The Morgan fingerprint density at radius 1 is 0.762 bits per heavy atom. The molecule has 0 aromatic carbocycles. The Labute approximate surface area is 138 Å². The summed E-state index contributed by atoms with van der Waals surface area (Å²) in [4.78, 5) is 33.4. The van der Waals surface area contributed by atoms with Crippen molar-refractivity contribution < 1.29 is 33.7 Å². The molecule has 0 radical (unpaired) electrons. The third-order valence-corrected chi connectivity index (χ3v) is 3.12. The van der Waals surface area contributed by atoms with Gasteiger partial charge >= 0.3 is 17.9 Å². The molecule has 0 amide bonds. The second-order valence-corrected chi connectivity index (χ2v) is 5.06. The van der Waals surface area contributed by atoms with Crippen LogP contribution in [0.25, 0.3) is 0 Å². The highest BCUT2D eigenvalue weighted by Crippen LogP contribution is 2.19. The lowest BCUT2D eigenvalue weighted by molar-refractivity contribution is -0.161. The van der Waals surface area contributed by atoms with Crippen molar-refractivity contribution >= 4 is 55.8 Å². The Bertz CT molecular complexity index is 311. The average molecular weight is 358 g/mol. The third-order valence-electron chi connectivity index (χ3n) is 2.34. The van der Waals surface area contributed by atoms with E-state index in [-0.39, 0.29) is 37.1 Å². The van der Waals surface area contributed by atoms with Gasteiger partial charge in [0.2, 0.25) is 0 Å². The number of aliphatic hydroxyl groups excluding tert-OH is 1. The Balaban J connectivity index is 4.76. The Hall–Kier alpha value is -0.580. The Morgan fingerprint density at radius 2 is 1.05 bits per heavy atom. The molecular formula is C11H18O7S3. The highest BCUT2D eigenvalue weighted by atomic mass is 32.1. The first-order valence-corrected chi connectivity index (χ1v) is 7.73. The molecule has 0 atom stereocenters. The van der Waals surface area contributed by atoms with Crippen LogP contribution in [0.15, 0.2) is 0 Å². The minimum absolute atomic E-state index is 0.144. The molecule has 0 aliphatic heterocycles. The van der Waals surface area contributed by atoms with E-state index in [2.05, 4.69) is 37.9 Å². The number of rotatable bonds is 10. The second-order valence-electron chi connectivity index (χ2n) is 4.11. The summed E-state index contributed by atoms with van der Waals surface area (Å²) in [6, 6.07) is 0. The van der Waals surface area contributed by atoms with Crippen molar-refractivity contribution in [3.63, 3.8) is 0 Å². The van der Waals surface area contributed by atoms with Crippen LogP contribution in [0.5, 0.6) is 0 Å². The number of esters is 3. The van der Waals surface area contributed by atoms with Crippen LogP contribution in [0.2, 0.25) is 0 Å². The lowest BCUT2D eigenvalue weighted by Gasteiger charge is -2.29. The molecule has 0 saturated carbocycles. The molecule has 0 rings (SSSR count). The van der Waals surface area contributed by atoms with E-state index in [4.69, 9.17) is 14.2 Å². The van der Waals surface area contributed by atoms with E-state index in [1.807, 2.05) is 0 Å². The van der Waals surface area contributed by atoms with Crippen molar-refractivity contribution in [2.24, 2.45) is 5.41 Å². The first kappa shape index (κ1) is 20.4. The van der Waals surface area contributed by atoms with E-state index in [9.17, 15) is 19.5 Å². The number of carbonyl (C=O) groups is 3. The van der Waals surface area contributed by atoms with Crippen LogP contribution in [0.3, 0.4) is 0 Å². The Morgan fingerprint density at radius 3 is 1.24 bits per heavy atom. The first-order chi connectivity index (χ1) is 9.92. The second kappa shape index (κ2) is 11.0. The van der Waals surface area contributed by atoms with Crippen LogP contribution < -0.4 is 0 Å². The first-order valence-electron chi connectivity index (χ1n) is 5.83. The normalized spacial score (nSPS) is 10.9. The fourth-order valence-corrected chi connectivity index (χ4v) is 1.37. The smallest absolute Gasteiger partial charge is 0.315 e. The molecule has 0 bridgehead atoms. The van der Waals surface area contributed by atoms with Gasteiger partial charge < -0.3 is 19.3 Å². The van der Waals surface area contributed by atoms with Crippen LogP contribution in [-0.4, -0.2) is 66.7 Å².